The molecule has 2 heterocycles. The minimum absolute atomic E-state index is 0.00392. The molecule has 4 unspecified atom stereocenters. The summed E-state index contributed by atoms with van der Waals surface area (Å²) in [6.45, 7) is 2.09. The Kier molecular flexibility index (Phi) is 4.30. The Hall–Kier alpha value is -1.15. The topological polar surface area (TPSA) is 90.0 Å². The second-order valence-corrected chi connectivity index (χ2v) is 10.4. The van der Waals surface area contributed by atoms with Crippen molar-refractivity contribution in [1.82, 2.24) is 4.90 Å². The summed E-state index contributed by atoms with van der Waals surface area (Å²) in [6.07, 6.45) is 3.59. The lowest BCUT2D eigenvalue weighted by atomic mass is 9.72. The first-order valence-electron chi connectivity index (χ1n) is 9.13. The molecule has 0 radical (unpaired) electrons. The van der Waals surface area contributed by atoms with Crippen molar-refractivity contribution < 1.29 is 27.5 Å². The number of nitrogens with zero attached hydrogens (tertiary/aromatic N) is 1. The first-order chi connectivity index (χ1) is 11.9. The SMILES string of the molecule is O=C1CC2(CO1)CC1CC2CC1OC(=O)CCN1CCS(=O)(=O)CC1. The highest BCUT2D eigenvalue weighted by molar-refractivity contribution is 7.91. The van der Waals surface area contributed by atoms with E-state index in [-0.39, 0.29) is 35.0 Å². The van der Waals surface area contributed by atoms with E-state index >= 15 is 0 Å². The molecule has 0 aromatic rings. The average Bonchev–Trinajstić information content (AvgIpc) is 3.21. The summed E-state index contributed by atoms with van der Waals surface area (Å²) in [7, 11) is -2.89. The number of carbonyl (C=O) groups excluding carboxylic acids is 2. The predicted molar refractivity (Wildman–Crippen MR) is 88.4 cm³/mol. The highest BCUT2D eigenvalue weighted by atomic mass is 32.2. The Bertz CT molecular complexity index is 663. The van der Waals surface area contributed by atoms with Crippen LogP contribution in [-0.4, -0.2) is 69.1 Å². The highest BCUT2D eigenvalue weighted by Crippen LogP contribution is 2.60. The number of fused-ring (bicyclic) bond motifs is 3. The van der Waals surface area contributed by atoms with Gasteiger partial charge in [-0.15, -0.1) is 0 Å². The molecular weight excluding hydrogens is 346 g/mol. The zero-order valence-electron chi connectivity index (χ0n) is 14.3. The molecule has 2 aliphatic carbocycles. The Labute approximate surface area is 147 Å². The van der Waals surface area contributed by atoms with Gasteiger partial charge in [-0.25, -0.2) is 8.42 Å². The smallest absolute Gasteiger partial charge is 0.307 e. The molecule has 0 aromatic heterocycles. The molecule has 0 N–H and O–H groups in total. The Morgan fingerprint density at radius 3 is 2.64 bits per heavy atom. The van der Waals surface area contributed by atoms with Crippen LogP contribution >= 0.6 is 0 Å². The summed E-state index contributed by atoms with van der Waals surface area (Å²) in [5.41, 5.74) is 0.00392. The largest absolute Gasteiger partial charge is 0.465 e. The standard InChI is InChI=1S/C17H25NO6S/c19-15(1-2-18-3-5-25(21,22)6-4-18)24-14-8-13-7-12(14)9-17(13)10-16(20)23-11-17/h12-14H,1-11H2. The summed E-state index contributed by atoms with van der Waals surface area (Å²) in [6, 6.07) is 0. The molecule has 2 saturated carbocycles. The van der Waals surface area contributed by atoms with Gasteiger partial charge in [-0.1, -0.05) is 0 Å². The van der Waals surface area contributed by atoms with Gasteiger partial charge in [0.2, 0.25) is 0 Å². The number of esters is 2. The van der Waals surface area contributed by atoms with Gasteiger partial charge in [0, 0.05) is 25.0 Å². The average molecular weight is 371 g/mol. The normalized spacial score (nSPS) is 39.7. The van der Waals surface area contributed by atoms with E-state index in [1.807, 2.05) is 4.90 Å². The quantitative estimate of drug-likeness (QED) is 0.660. The van der Waals surface area contributed by atoms with Crippen LogP contribution < -0.4 is 0 Å². The molecule has 140 valence electrons. The third-order valence-electron chi connectivity index (χ3n) is 6.53. The molecule has 4 aliphatic rings. The van der Waals surface area contributed by atoms with E-state index in [4.69, 9.17) is 9.47 Å². The number of sulfone groups is 1. The molecule has 2 bridgehead atoms. The van der Waals surface area contributed by atoms with Crippen LogP contribution in [-0.2, 0) is 28.9 Å². The summed E-state index contributed by atoms with van der Waals surface area (Å²) >= 11 is 0. The maximum absolute atomic E-state index is 12.2. The third kappa shape index (κ3) is 3.43. The Morgan fingerprint density at radius 2 is 2.04 bits per heavy atom. The van der Waals surface area contributed by atoms with E-state index < -0.39 is 9.84 Å². The number of ether oxygens (including phenoxy) is 2. The fourth-order valence-corrected chi connectivity index (χ4v) is 6.37. The van der Waals surface area contributed by atoms with Crippen molar-refractivity contribution in [2.45, 2.75) is 38.2 Å². The second kappa shape index (κ2) is 6.23. The molecule has 8 heteroatoms. The van der Waals surface area contributed by atoms with Gasteiger partial charge in [0.05, 0.1) is 31.0 Å². The lowest BCUT2D eigenvalue weighted by Gasteiger charge is -2.34. The highest BCUT2D eigenvalue weighted by Gasteiger charge is 2.59. The molecule has 2 aliphatic heterocycles. The maximum Gasteiger partial charge on any atom is 0.307 e. The van der Waals surface area contributed by atoms with E-state index in [9.17, 15) is 18.0 Å². The third-order valence-corrected chi connectivity index (χ3v) is 8.14. The summed E-state index contributed by atoms with van der Waals surface area (Å²) in [4.78, 5) is 25.6. The summed E-state index contributed by atoms with van der Waals surface area (Å²) < 4.78 is 33.7. The fraction of sp³-hybridized carbons (Fsp3) is 0.882. The maximum atomic E-state index is 12.2. The molecule has 25 heavy (non-hydrogen) atoms. The van der Waals surface area contributed by atoms with Crippen molar-refractivity contribution in [2.75, 3.05) is 37.7 Å². The van der Waals surface area contributed by atoms with Gasteiger partial charge in [0.15, 0.2) is 9.84 Å². The van der Waals surface area contributed by atoms with Gasteiger partial charge >= 0.3 is 11.9 Å². The van der Waals surface area contributed by atoms with Crippen molar-refractivity contribution in [2.24, 2.45) is 17.3 Å². The van der Waals surface area contributed by atoms with Crippen molar-refractivity contribution in [1.29, 1.82) is 0 Å². The van der Waals surface area contributed by atoms with Gasteiger partial charge < -0.3 is 14.4 Å². The van der Waals surface area contributed by atoms with Crippen LogP contribution in [0.2, 0.25) is 0 Å². The van der Waals surface area contributed by atoms with Crippen molar-refractivity contribution in [3.05, 3.63) is 0 Å². The number of hydrogen-bond donors (Lipinski definition) is 0. The number of carbonyl (C=O) groups is 2. The second-order valence-electron chi connectivity index (χ2n) is 8.10. The van der Waals surface area contributed by atoms with Crippen molar-refractivity contribution in [3.63, 3.8) is 0 Å². The van der Waals surface area contributed by atoms with Crippen LogP contribution in [0.3, 0.4) is 0 Å². The molecule has 4 fully saturated rings. The molecule has 1 spiro atoms. The number of cyclic esters (lactones) is 1. The van der Waals surface area contributed by atoms with Crippen LogP contribution in [0.15, 0.2) is 0 Å². The Balaban J connectivity index is 1.22. The summed E-state index contributed by atoms with van der Waals surface area (Å²) in [5.74, 6) is 0.843. The first-order valence-corrected chi connectivity index (χ1v) is 11.0. The minimum Gasteiger partial charge on any atom is -0.465 e. The van der Waals surface area contributed by atoms with Gasteiger partial charge in [0.1, 0.15) is 6.10 Å². The lowest BCUT2D eigenvalue weighted by molar-refractivity contribution is -0.153. The molecule has 0 amide bonds. The Morgan fingerprint density at radius 1 is 1.28 bits per heavy atom. The molecule has 2 saturated heterocycles. The van der Waals surface area contributed by atoms with E-state index in [1.165, 1.54) is 0 Å². The van der Waals surface area contributed by atoms with E-state index in [2.05, 4.69) is 0 Å². The molecule has 4 rings (SSSR count). The van der Waals surface area contributed by atoms with Crippen LogP contribution in [0.5, 0.6) is 0 Å². The van der Waals surface area contributed by atoms with Gasteiger partial charge in [-0.05, 0) is 31.1 Å². The molecule has 0 aromatic carbocycles. The number of hydrogen-bond acceptors (Lipinski definition) is 7. The lowest BCUT2D eigenvalue weighted by Crippen LogP contribution is -2.41. The zero-order valence-corrected chi connectivity index (χ0v) is 15.1. The van der Waals surface area contributed by atoms with Crippen molar-refractivity contribution in [3.8, 4) is 0 Å². The monoisotopic (exact) mass is 371 g/mol. The van der Waals surface area contributed by atoms with Crippen LogP contribution in [0.25, 0.3) is 0 Å². The zero-order chi connectivity index (χ0) is 17.7. The minimum atomic E-state index is -2.89. The van der Waals surface area contributed by atoms with Crippen LogP contribution in [0.1, 0.15) is 32.1 Å². The van der Waals surface area contributed by atoms with E-state index in [0.717, 1.165) is 19.3 Å². The molecule has 4 atom stereocenters. The number of rotatable bonds is 4. The van der Waals surface area contributed by atoms with E-state index in [0.29, 0.717) is 50.9 Å². The summed E-state index contributed by atoms with van der Waals surface area (Å²) in [5, 5.41) is 0. The predicted octanol–water partition coefficient (Wildman–Crippen LogP) is 0.382. The van der Waals surface area contributed by atoms with Crippen LogP contribution in [0, 0.1) is 17.3 Å². The fourth-order valence-electron chi connectivity index (χ4n) is 5.09. The van der Waals surface area contributed by atoms with Crippen LogP contribution in [0.4, 0.5) is 0 Å². The first kappa shape index (κ1) is 17.3. The molecular formula is C17H25NO6S. The van der Waals surface area contributed by atoms with Gasteiger partial charge in [-0.3, -0.25) is 9.59 Å². The van der Waals surface area contributed by atoms with Crippen molar-refractivity contribution >= 4 is 21.8 Å². The molecule has 7 nitrogen and oxygen atoms in total. The van der Waals surface area contributed by atoms with Gasteiger partial charge in [0.25, 0.3) is 0 Å². The van der Waals surface area contributed by atoms with E-state index in [1.54, 1.807) is 0 Å². The van der Waals surface area contributed by atoms with Gasteiger partial charge in [-0.2, -0.15) is 0 Å².